The summed E-state index contributed by atoms with van der Waals surface area (Å²) in [5, 5.41) is 4.62. The number of anilines is 2. The molecule has 0 saturated carbocycles. The summed E-state index contributed by atoms with van der Waals surface area (Å²) in [6.07, 6.45) is 1.05. The van der Waals surface area contributed by atoms with Crippen LogP contribution >= 0.6 is 0 Å². The SMILES string of the molecule is CN(C)CC(C)(C)CNc1nc(N2CCc3ccccc3C2)c2ccccc2n1. The van der Waals surface area contributed by atoms with Gasteiger partial charge in [0.25, 0.3) is 0 Å². The Hall–Kier alpha value is -2.66. The molecule has 0 aliphatic carbocycles. The third kappa shape index (κ3) is 4.51. The molecular formula is C24H31N5. The second-order valence-corrected chi connectivity index (χ2v) is 9.08. The fraction of sp³-hybridized carbons (Fsp3) is 0.417. The maximum Gasteiger partial charge on any atom is 0.225 e. The molecule has 0 bridgehead atoms. The van der Waals surface area contributed by atoms with E-state index in [9.17, 15) is 0 Å². The molecule has 0 atom stereocenters. The van der Waals surface area contributed by atoms with E-state index < -0.39 is 0 Å². The van der Waals surface area contributed by atoms with E-state index in [0.717, 1.165) is 49.3 Å². The highest BCUT2D eigenvalue weighted by atomic mass is 15.2. The van der Waals surface area contributed by atoms with Crippen molar-refractivity contribution in [1.29, 1.82) is 0 Å². The van der Waals surface area contributed by atoms with Crippen molar-refractivity contribution in [3.8, 4) is 0 Å². The van der Waals surface area contributed by atoms with Crippen LogP contribution in [0.5, 0.6) is 0 Å². The molecule has 0 radical (unpaired) electrons. The maximum absolute atomic E-state index is 4.97. The van der Waals surface area contributed by atoms with E-state index in [2.05, 4.69) is 85.5 Å². The Morgan fingerprint density at radius 1 is 1.00 bits per heavy atom. The van der Waals surface area contributed by atoms with Crippen molar-refractivity contribution in [1.82, 2.24) is 14.9 Å². The standard InChI is InChI=1S/C24H31N5/c1-24(2,17-28(3)4)16-25-23-26-21-12-8-7-11-20(21)22(27-23)29-14-13-18-9-5-6-10-19(18)15-29/h5-12H,13-17H2,1-4H3,(H,25,26,27). The Morgan fingerprint density at radius 3 is 2.52 bits per heavy atom. The zero-order chi connectivity index (χ0) is 20.4. The number of aromatic nitrogens is 2. The Kier molecular flexibility index (Phi) is 5.41. The van der Waals surface area contributed by atoms with Crippen molar-refractivity contribution >= 4 is 22.7 Å². The van der Waals surface area contributed by atoms with Gasteiger partial charge in [-0.2, -0.15) is 4.98 Å². The van der Waals surface area contributed by atoms with Crippen molar-refractivity contribution in [2.45, 2.75) is 26.8 Å². The molecule has 29 heavy (non-hydrogen) atoms. The van der Waals surface area contributed by atoms with E-state index in [1.54, 1.807) is 0 Å². The number of hydrogen-bond donors (Lipinski definition) is 1. The number of fused-ring (bicyclic) bond motifs is 2. The Bertz CT molecular complexity index is 995. The monoisotopic (exact) mass is 389 g/mol. The largest absolute Gasteiger partial charge is 0.354 e. The van der Waals surface area contributed by atoms with Gasteiger partial charge in [0.2, 0.25) is 5.95 Å². The van der Waals surface area contributed by atoms with Gasteiger partial charge in [-0.1, -0.05) is 50.2 Å². The second-order valence-electron chi connectivity index (χ2n) is 9.08. The number of nitrogens with one attached hydrogen (secondary N) is 1. The zero-order valence-corrected chi connectivity index (χ0v) is 17.9. The predicted molar refractivity (Wildman–Crippen MR) is 122 cm³/mol. The summed E-state index contributed by atoms with van der Waals surface area (Å²) in [4.78, 5) is 14.4. The molecule has 1 aliphatic heterocycles. The summed E-state index contributed by atoms with van der Waals surface area (Å²) in [6, 6.07) is 17.1. The number of rotatable bonds is 6. The molecule has 1 aliphatic rings. The van der Waals surface area contributed by atoms with Gasteiger partial charge < -0.3 is 15.1 Å². The van der Waals surface area contributed by atoms with Crippen molar-refractivity contribution in [3.63, 3.8) is 0 Å². The van der Waals surface area contributed by atoms with Crippen LogP contribution < -0.4 is 10.2 Å². The average molecular weight is 390 g/mol. The molecule has 1 N–H and O–H groups in total. The van der Waals surface area contributed by atoms with Crippen LogP contribution in [0.25, 0.3) is 10.9 Å². The molecule has 0 unspecified atom stereocenters. The molecular weight excluding hydrogens is 358 g/mol. The minimum absolute atomic E-state index is 0.128. The predicted octanol–water partition coefficient (Wildman–Crippen LogP) is 4.19. The van der Waals surface area contributed by atoms with Crippen LogP contribution in [0.15, 0.2) is 48.5 Å². The number of nitrogens with zero attached hydrogens (tertiary/aromatic N) is 4. The number of hydrogen-bond acceptors (Lipinski definition) is 5. The third-order valence-corrected chi connectivity index (χ3v) is 5.48. The van der Waals surface area contributed by atoms with Gasteiger partial charge in [-0.3, -0.25) is 0 Å². The van der Waals surface area contributed by atoms with Gasteiger partial charge in [0.05, 0.1) is 5.52 Å². The quantitative estimate of drug-likeness (QED) is 0.685. The molecule has 1 aromatic heterocycles. The second kappa shape index (κ2) is 7.99. The highest BCUT2D eigenvalue weighted by molar-refractivity contribution is 5.90. The molecule has 0 amide bonds. The van der Waals surface area contributed by atoms with Crippen LogP contribution in [-0.2, 0) is 13.0 Å². The van der Waals surface area contributed by atoms with Crippen LogP contribution in [0.2, 0.25) is 0 Å². The Labute approximate surface area is 173 Å². The molecule has 2 aromatic carbocycles. The van der Waals surface area contributed by atoms with Crippen molar-refractivity contribution in [2.24, 2.45) is 5.41 Å². The lowest BCUT2D eigenvalue weighted by Crippen LogP contribution is -2.35. The van der Waals surface area contributed by atoms with E-state index in [1.165, 1.54) is 11.1 Å². The Morgan fingerprint density at radius 2 is 1.72 bits per heavy atom. The lowest BCUT2D eigenvalue weighted by molar-refractivity contribution is 0.254. The first kappa shape index (κ1) is 19.6. The molecule has 0 saturated heterocycles. The van der Waals surface area contributed by atoms with Crippen LogP contribution in [0.4, 0.5) is 11.8 Å². The minimum atomic E-state index is 0.128. The number of para-hydroxylation sites is 1. The smallest absolute Gasteiger partial charge is 0.225 e. The van der Waals surface area contributed by atoms with Crippen molar-refractivity contribution in [2.75, 3.05) is 43.9 Å². The summed E-state index contributed by atoms with van der Waals surface area (Å²) < 4.78 is 0. The van der Waals surface area contributed by atoms with E-state index in [-0.39, 0.29) is 5.41 Å². The fourth-order valence-electron chi connectivity index (χ4n) is 4.29. The van der Waals surface area contributed by atoms with Crippen molar-refractivity contribution in [3.05, 3.63) is 59.7 Å². The highest BCUT2D eigenvalue weighted by Crippen LogP contribution is 2.30. The summed E-state index contributed by atoms with van der Waals surface area (Å²) in [5.41, 5.74) is 3.96. The lowest BCUT2D eigenvalue weighted by Gasteiger charge is -2.31. The summed E-state index contributed by atoms with van der Waals surface area (Å²) in [7, 11) is 4.22. The number of benzene rings is 2. The first-order valence-corrected chi connectivity index (χ1v) is 10.4. The minimum Gasteiger partial charge on any atom is -0.354 e. The van der Waals surface area contributed by atoms with E-state index in [4.69, 9.17) is 9.97 Å². The van der Waals surface area contributed by atoms with Crippen molar-refractivity contribution < 1.29 is 0 Å². The average Bonchev–Trinajstić information content (AvgIpc) is 2.70. The van der Waals surface area contributed by atoms with Gasteiger partial charge >= 0.3 is 0 Å². The first-order valence-electron chi connectivity index (χ1n) is 10.4. The van der Waals surface area contributed by atoms with E-state index >= 15 is 0 Å². The lowest BCUT2D eigenvalue weighted by atomic mass is 9.93. The zero-order valence-electron chi connectivity index (χ0n) is 17.9. The molecule has 0 fully saturated rings. The van der Waals surface area contributed by atoms with Gasteiger partial charge in [0.1, 0.15) is 5.82 Å². The van der Waals surface area contributed by atoms with Gasteiger partial charge in [-0.15, -0.1) is 0 Å². The fourth-order valence-corrected chi connectivity index (χ4v) is 4.29. The molecule has 0 spiro atoms. The molecule has 3 aromatic rings. The summed E-state index contributed by atoms with van der Waals surface area (Å²) in [6.45, 7) is 8.23. The van der Waals surface area contributed by atoms with Crippen LogP contribution in [0.1, 0.15) is 25.0 Å². The van der Waals surface area contributed by atoms with Crippen LogP contribution in [0, 0.1) is 5.41 Å². The maximum atomic E-state index is 4.97. The molecule has 5 nitrogen and oxygen atoms in total. The molecule has 5 heteroatoms. The summed E-state index contributed by atoms with van der Waals surface area (Å²) in [5.74, 6) is 1.74. The van der Waals surface area contributed by atoms with E-state index in [0.29, 0.717) is 5.95 Å². The van der Waals surface area contributed by atoms with Crippen LogP contribution in [0.3, 0.4) is 0 Å². The van der Waals surface area contributed by atoms with Crippen LogP contribution in [-0.4, -0.2) is 48.6 Å². The van der Waals surface area contributed by atoms with Gasteiger partial charge in [0, 0.05) is 31.6 Å². The molecule has 2 heterocycles. The first-order chi connectivity index (χ1) is 13.9. The van der Waals surface area contributed by atoms with Gasteiger partial charge in [-0.25, -0.2) is 4.98 Å². The van der Waals surface area contributed by atoms with Gasteiger partial charge in [0.15, 0.2) is 0 Å². The summed E-state index contributed by atoms with van der Waals surface area (Å²) >= 11 is 0. The molecule has 152 valence electrons. The highest BCUT2D eigenvalue weighted by Gasteiger charge is 2.22. The van der Waals surface area contributed by atoms with Gasteiger partial charge in [-0.05, 0) is 49.2 Å². The molecule has 4 rings (SSSR count). The topological polar surface area (TPSA) is 44.3 Å². The van der Waals surface area contributed by atoms with E-state index in [1.807, 2.05) is 6.07 Å². The normalized spacial score (nSPS) is 14.3. The third-order valence-electron chi connectivity index (χ3n) is 5.48. The Balaban J connectivity index is 1.63.